The van der Waals surface area contributed by atoms with Crippen molar-refractivity contribution in [2.24, 2.45) is 5.92 Å². The maximum Gasteiger partial charge on any atom is 0.306 e. The van der Waals surface area contributed by atoms with E-state index >= 15 is 0 Å². The second-order valence-electron chi connectivity index (χ2n) is 6.67. The van der Waals surface area contributed by atoms with Crippen molar-refractivity contribution in [3.8, 4) is 0 Å². The SMILES string of the molecule is CC(C)[C@@H](O)C(=O)NCCC(=O)NCCNC(=O)C[C@@](C)(O)CC(=O)O. The number of carbonyl (C=O) groups excluding carboxylic acids is 3. The quantitative estimate of drug-likeness (QED) is 0.223. The summed E-state index contributed by atoms with van der Waals surface area (Å²) in [4.78, 5) is 45.2. The fraction of sp³-hybridized carbons (Fsp3) is 0.750. The summed E-state index contributed by atoms with van der Waals surface area (Å²) < 4.78 is 0. The Labute approximate surface area is 152 Å². The van der Waals surface area contributed by atoms with Crippen LogP contribution in [0.25, 0.3) is 0 Å². The van der Waals surface area contributed by atoms with Gasteiger partial charge in [0.05, 0.1) is 18.4 Å². The lowest BCUT2D eigenvalue weighted by Crippen LogP contribution is -2.41. The fourth-order valence-electron chi connectivity index (χ4n) is 2.00. The van der Waals surface area contributed by atoms with Gasteiger partial charge in [0.1, 0.15) is 6.10 Å². The standard InChI is InChI=1S/C16H29N3O7/c1-10(2)14(24)15(25)19-5-4-11(20)17-6-7-18-12(21)8-16(3,26)9-13(22)23/h10,14,24,26H,4-9H2,1-3H3,(H,17,20)(H,18,21)(H,19,25)(H,22,23)/t14-,16-/m1/s1. The molecule has 2 atom stereocenters. The highest BCUT2D eigenvalue weighted by Gasteiger charge is 2.27. The largest absolute Gasteiger partial charge is 0.481 e. The Balaban J connectivity index is 3.87. The van der Waals surface area contributed by atoms with Crippen molar-refractivity contribution in [3.63, 3.8) is 0 Å². The lowest BCUT2D eigenvalue weighted by molar-refractivity contribution is -0.143. The van der Waals surface area contributed by atoms with Crippen LogP contribution in [-0.2, 0) is 19.2 Å². The minimum Gasteiger partial charge on any atom is -0.481 e. The molecule has 0 rings (SSSR count). The normalized spacial score (nSPS) is 14.2. The summed E-state index contributed by atoms with van der Waals surface area (Å²) in [5.74, 6) is -2.82. The third kappa shape index (κ3) is 11.4. The van der Waals surface area contributed by atoms with E-state index in [2.05, 4.69) is 16.0 Å². The number of aliphatic hydroxyl groups excluding tert-OH is 1. The van der Waals surface area contributed by atoms with Gasteiger partial charge in [0.2, 0.25) is 17.7 Å². The van der Waals surface area contributed by atoms with Crippen molar-refractivity contribution in [1.82, 2.24) is 16.0 Å². The van der Waals surface area contributed by atoms with E-state index in [1.165, 1.54) is 6.92 Å². The number of aliphatic hydroxyl groups is 2. The average Bonchev–Trinajstić information content (AvgIpc) is 2.48. The van der Waals surface area contributed by atoms with E-state index in [0.717, 1.165) is 0 Å². The number of hydrogen-bond donors (Lipinski definition) is 6. The molecule has 0 aromatic carbocycles. The summed E-state index contributed by atoms with van der Waals surface area (Å²) in [6, 6.07) is 0. The van der Waals surface area contributed by atoms with Gasteiger partial charge in [-0.1, -0.05) is 13.8 Å². The predicted molar refractivity (Wildman–Crippen MR) is 92.0 cm³/mol. The van der Waals surface area contributed by atoms with Crippen LogP contribution in [0.3, 0.4) is 0 Å². The first-order valence-corrected chi connectivity index (χ1v) is 8.38. The minimum atomic E-state index is -1.64. The zero-order valence-corrected chi connectivity index (χ0v) is 15.4. The summed E-state index contributed by atoms with van der Waals surface area (Å²) in [6.45, 7) is 5.00. The van der Waals surface area contributed by atoms with Gasteiger partial charge in [-0.2, -0.15) is 0 Å². The molecule has 0 heterocycles. The van der Waals surface area contributed by atoms with E-state index in [-0.39, 0.29) is 44.3 Å². The third-order valence-electron chi connectivity index (χ3n) is 3.39. The minimum absolute atomic E-state index is 0.0256. The highest BCUT2D eigenvalue weighted by atomic mass is 16.4. The Morgan fingerprint density at radius 2 is 1.46 bits per heavy atom. The molecule has 150 valence electrons. The molecule has 0 aromatic heterocycles. The number of nitrogens with one attached hydrogen (secondary N) is 3. The van der Waals surface area contributed by atoms with Gasteiger partial charge in [0.15, 0.2) is 0 Å². The summed E-state index contributed by atoms with van der Waals surface area (Å²) in [5, 5.41) is 35.3. The van der Waals surface area contributed by atoms with Gasteiger partial charge < -0.3 is 31.3 Å². The van der Waals surface area contributed by atoms with Crippen molar-refractivity contribution < 1.29 is 34.5 Å². The van der Waals surface area contributed by atoms with Crippen molar-refractivity contribution in [2.45, 2.75) is 51.7 Å². The molecule has 26 heavy (non-hydrogen) atoms. The van der Waals surface area contributed by atoms with E-state index in [0.29, 0.717) is 0 Å². The highest BCUT2D eigenvalue weighted by Crippen LogP contribution is 2.13. The number of amides is 3. The third-order valence-corrected chi connectivity index (χ3v) is 3.39. The molecule has 0 aliphatic carbocycles. The average molecular weight is 375 g/mol. The second kappa shape index (κ2) is 11.4. The van der Waals surface area contributed by atoms with E-state index in [9.17, 15) is 29.4 Å². The molecule has 0 aliphatic rings. The van der Waals surface area contributed by atoms with E-state index in [1.807, 2.05) is 0 Å². The molecule has 10 nitrogen and oxygen atoms in total. The molecule has 0 radical (unpaired) electrons. The number of aliphatic carboxylic acids is 1. The smallest absolute Gasteiger partial charge is 0.306 e. The lowest BCUT2D eigenvalue weighted by Gasteiger charge is -2.20. The molecular weight excluding hydrogens is 346 g/mol. The van der Waals surface area contributed by atoms with Gasteiger partial charge >= 0.3 is 5.97 Å². The number of carboxylic acids is 1. The Bertz CT molecular complexity index is 506. The van der Waals surface area contributed by atoms with Crippen LogP contribution in [0.2, 0.25) is 0 Å². The van der Waals surface area contributed by atoms with Gasteiger partial charge in [-0.25, -0.2) is 0 Å². The monoisotopic (exact) mass is 375 g/mol. The molecule has 3 amide bonds. The van der Waals surface area contributed by atoms with Crippen molar-refractivity contribution >= 4 is 23.7 Å². The molecule has 0 unspecified atom stereocenters. The van der Waals surface area contributed by atoms with Crippen LogP contribution in [0.5, 0.6) is 0 Å². The van der Waals surface area contributed by atoms with Crippen LogP contribution in [0.1, 0.15) is 40.0 Å². The van der Waals surface area contributed by atoms with Crippen LogP contribution in [0.15, 0.2) is 0 Å². The van der Waals surface area contributed by atoms with Gasteiger partial charge in [-0.05, 0) is 12.8 Å². The van der Waals surface area contributed by atoms with Crippen molar-refractivity contribution in [1.29, 1.82) is 0 Å². The zero-order valence-electron chi connectivity index (χ0n) is 15.4. The topological polar surface area (TPSA) is 165 Å². The molecule has 0 fully saturated rings. The Kier molecular flexibility index (Phi) is 10.5. The molecular formula is C16H29N3O7. The van der Waals surface area contributed by atoms with Crippen LogP contribution >= 0.6 is 0 Å². The first-order chi connectivity index (χ1) is 11.9. The molecule has 0 aromatic rings. The molecule has 6 N–H and O–H groups in total. The van der Waals surface area contributed by atoms with E-state index in [4.69, 9.17) is 5.11 Å². The van der Waals surface area contributed by atoms with E-state index < -0.39 is 35.9 Å². The molecule has 0 saturated heterocycles. The Hall–Kier alpha value is -2.20. The molecule has 0 bridgehead atoms. The molecule has 0 aliphatic heterocycles. The van der Waals surface area contributed by atoms with Crippen molar-refractivity contribution in [2.75, 3.05) is 19.6 Å². The van der Waals surface area contributed by atoms with Gasteiger partial charge in [0.25, 0.3) is 0 Å². The van der Waals surface area contributed by atoms with Gasteiger partial charge in [0, 0.05) is 26.1 Å². The predicted octanol–water partition coefficient (Wildman–Crippen LogP) is -1.64. The van der Waals surface area contributed by atoms with Crippen LogP contribution in [0, 0.1) is 5.92 Å². The molecule has 10 heteroatoms. The van der Waals surface area contributed by atoms with Crippen LogP contribution in [0.4, 0.5) is 0 Å². The van der Waals surface area contributed by atoms with Crippen LogP contribution < -0.4 is 16.0 Å². The Morgan fingerprint density at radius 1 is 0.923 bits per heavy atom. The molecule has 0 saturated carbocycles. The second-order valence-corrected chi connectivity index (χ2v) is 6.67. The number of hydrogen-bond acceptors (Lipinski definition) is 6. The summed E-state index contributed by atoms with van der Waals surface area (Å²) in [7, 11) is 0. The fourth-order valence-corrected chi connectivity index (χ4v) is 2.00. The first kappa shape index (κ1) is 23.8. The maximum absolute atomic E-state index is 11.6. The van der Waals surface area contributed by atoms with Gasteiger partial charge in [-0.3, -0.25) is 19.2 Å². The van der Waals surface area contributed by atoms with Crippen LogP contribution in [-0.4, -0.2) is 70.3 Å². The number of carbonyl (C=O) groups is 4. The van der Waals surface area contributed by atoms with Gasteiger partial charge in [-0.15, -0.1) is 0 Å². The summed E-state index contributed by atoms with van der Waals surface area (Å²) in [5.41, 5.74) is -1.64. The zero-order chi connectivity index (χ0) is 20.3. The lowest BCUT2D eigenvalue weighted by atomic mass is 9.98. The maximum atomic E-state index is 11.6. The number of carboxylic acid groups (broad SMARTS) is 1. The van der Waals surface area contributed by atoms with Crippen molar-refractivity contribution in [3.05, 3.63) is 0 Å². The molecule has 0 spiro atoms. The highest BCUT2D eigenvalue weighted by molar-refractivity contribution is 5.82. The summed E-state index contributed by atoms with van der Waals surface area (Å²) >= 11 is 0. The Morgan fingerprint density at radius 3 is 1.96 bits per heavy atom. The number of rotatable bonds is 12. The first-order valence-electron chi connectivity index (χ1n) is 8.38. The van der Waals surface area contributed by atoms with E-state index in [1.54, 1.807) is 13.8 Å². The summed E-state index contributed by atoms with van der Waals surface area (Å²) in [6.07, 6.45) is -2.00.